The van der Waals surface area contributed by atoms with Gasteiger partial charge in [-0.2, -0.15) is 0 Å². The Balaban J connectivity index is 1.25. The SMILES string of the molecule is Cc1cccnc1CN1CCC2(CC1)C(=O)NC(=O)N2C1(c2ccc(-c3ccccc3)cc2)CC=CN(N2C=CC=CC2)C1. The molecule has 1 N–H and O–H groups in total. The number of pyridine rings is 1. The van der Waals surface area contributed by atoms with Gasteiger partial charge in [0, 0.05) is 38.2 Å². The summed E-state index contributed by atoms with van der Waals surface area (Å²) < 4.78 is 0. The average molecular weight is 587 g/mol. The summed E-state index contributed by atoms with van der Waals surface area (Å²) in [5.41, 5.74) is 3.82. The highest BCUT2D eigenvalue weighted by Crippen LogP contribution is 2.47. The standard InChI is InChI=1S/C36H38N6O2/c1-28-10-8-20-37-32(28)26-39-24-18-35(19-25-39)33(43)38-34(44)42(35)36(17-9-23-41(27-36)40-21-6-3-7-22-40)31-15-13-30(14-16-31)29-11-4-2-5-12-29/h2-16,20-21,23H,17-19,22,24-27H2,1H3,(H,38,43,44). The Kier molecular flexibility index (Phi) is 7.30. The minimum Gasteiger partial charge on any atom is -0.298 e. The number of carbonyl (C=O) groups excluding carboxylic acids is 2. The number of allylic oxidation sites excluding steroid dienone is 2. The topological polar surface area (TPSA) is 72.0 Å². The second-order valence-electron chi connectivity index (χ2n) is 12.2. The van der Waals surface area contributed by atoms with Crippen LogP contribution in [-0.2, 0) is 16.9 Å². The molecule has 5 heterocycles. The molecule has 3 amide bonds. The van der Waals surface area contributed by atoms with Crippen LogP contribution in [0.3, 0.4) is 0 Å². The number of rotatable bonds is 6. The van der Waals surface area contributed by atoms with E-state index in [1.807, 2.05) is 47.5 Å². The Morgan fingerprint density at radius 2 is 1.59 bits per heavy atom. The van der Waals surface area contributed by atoms with Gasteiger partial charge < -0.3 is 0 Å². The van der Waals surface area contributed by atoms with Crippen LogP contribution in [0.1, 0.15) is 36.1 Å². The molecule has 7 rings (SSSR count). The van der Waals surface area contributed by atoms with Crippen molar-refractivity contribution >= 4 is 11.9 Å². The number of amides is 3. The fourth-order valence-corrected chi connectivity index (χ4v) is 7.28. The lowest BCUT2D eigenvalue weighted by molar-refractivity contribution is -0.134. The number of urea groups is 1. The van der Waals surface area contributed by atoms with Crippen LogP contribution in [0.2, 0.25) is 0 Å². The van der Waals surface area contributed by atoms with Crippen molar-refractivity contribution in [1.82, 2.24) is 30.1 Å². The molecule has 0 aliphatic carbocycles. The van der Waals surface area contributed by atoms with Crippen LogP contribution in [0.25, 0.3) is 11.1 Å². The number of likely N-dealkylation sites (tertiary alicyclic amines) is 1. The van der Waals surface area contributed by atoms with E-state index in [-0.39, 0.29) is 11.9 Å². The Morgan fingerprint density at radius 1 is 0.818 bits per heavy atom. The Morgan fingerprint density at radius 3 is 2.32 bits per heavy atom. The number of nitrogens with zero attached hydrogens (tertiary/aromatic N) is 5. The fraction of sp³-hybridized carbons (Fsp3) is 0.306. The van der Waals surface area contributed by atoms with Gasteiger partial charge in [-0.15, -0.1) is 0 Å². The Hall–Kier alpha value is -4.69. The molecule has 0 bridgehead atoms. The molecule has 2 saturated heterocycles. The van der Waals surface area contributed by atoms with Crippen molar-refractivity contribution in [3.8, 4) is 11.1 Å². The van der Waals surface area contributed by atoms with Gasteiger partial charge in [0.25, 0.3) is 5.91 Å². The first-order chi connectivity index (χ1) is 21.5. The summed E-state index contributed by atoms with van der Waals surface area (Å²) in [6.45, 7) is 5.50. The van der Waals surface area contributed by atoms with Gasteiger partial charge in [-0.3, -0.25) is 34.9 Å². The highest BCUT2D eigenvalue weighted by Gasteiger charge is 2.61. The molecule has 1 unspecified atom stereocenters. The Bertz CT molecular complexity index is 1620. The van der Waals surface area contributed by atoms with Crippen molar-refractivity contribution in [2.75, 3.05) is 26.2 Å². The van der Waals surface area contributed by atoms with Crippen molar-refractivity contribution in [2.45, 2.75) is 43.8 Å². The zero-order valence-corrected chi connectivity index (χ0v) is 25.1. The van der Waals surface area contributed by atoms with Gasteiger partial charge in [-0.05, 0) is 60.6 Å². The largest absolute Gasteiger partial charge is 0.325 e. The molecule has 3 aromatic rings. The molecule has 1 aromatic heterocycles. The molecule has 1 atom stereocenters. The molecule has 44 heavy (non-hydrogen) atoms. The van der Waals surface area contributed by atoms with Crippen molar-refractivity contribution in [1.29, 1.82) is 0 Å². The predicted molar refractivity (Wildman–Crippen MR) is 171 cm³/mol. The molecule has 0 radical (unpaired) electrons. The molecule has 1 spiro atoms. The van der Waals surface area contributed by atoms with Crippen LogP contribution in [0.4, 0.5) is 4.79 Å². The van der Waals surface area contributed by atoms with Crippen molar-refractivity contribution in [3.63, 3.8) is 0 Å². The Labute approximate surface area is 258 Å². The fourth-order valence-electron chi connectivity index (χ4n) is 7.28. The molecule has 224 valence electrons. The minimum absolute atomic E-state index is 0.182. The van der Waals surface area contributed by atoms with E-state index in [2.05, 4.69) is 99.2 Å². The van der Waals surface area contributed by atoms with E-state index in [0.717, 1.165) is 41.0 Å². The highest BCUT2D eigenvalue weighted by atomic mass is 16.2. The van der Waals surface area contributed by atoms with E-state index in [0.29, 0.717) is 38.9 Å². The normalized spacial score (nSPS) is 23.1. The third-order valence-electron chi connectivity index (χ3n) is 9.69. The molecule has 8 nitrogen and oxygen atoms in total. The van der Waals surface area contributed by atoms with E-state index in [1.54, 1.807) is 0 Å². The highest BCUT2D eigenvalue weighted by molar-refractivity contribution is 6.07. The first-order valence-electron chi connectivity index (χ1n) is 15.5. The van der Waals surface area contributed by atoms with Crippen LogP contribution < -0.4 is 5.32 Å². The van der Waals surface area contributed by atoms with Crippen molar-refractivity contribution in [2.24, 2.45) is 0 Å². The predicted octanol–water partition coefficient (Wildman–Crippen LogP) is 5.36. The lowest BCUT2D eigenvalue weighted by Gasteiger charge is -2.54. The van der Waals surface area contributed by atoms with Crippen LogP contribution >= 0.6 is 0 Å². The van der Waals surface area contributed by atoms with E-state index in [1.165, 1.54) is 0 Å². The monoisotopic (exact) mass is 586 g/mol. The average Bonchev–Trinajstić information content (AvgIpc) is 3.32. The first-order valence-corrected chi connectivity index (χ1v) is 15.5. The lowest BCUT2D eigenvalue weighted by Crippen LogP contribution is -2.66. The molecule has 8 heteroatoms. The van der Waals surface area contributed by atoms with Crippen LogP contribution in [-0.4, -0.2) is 68.5 Å². The maximum absolute atomic E-state index is 14.0. The number of hydrogen-bond acceptors (Lipinski definition) is 6. The molecule has 4 aliphatic rings. The number of hydrogen-bond donors (Lipinski definition) is 1. The number of aryl methyl sites for hydroxylation is 1. The second-order valence-corrected chi connectivity index (χ2v) is 12.2. The molecule has 2 fully saturated rings. The summed E-state index contributed by atoms with van der Waals surface area (Å²) in [5, 5.41) is 7.09. The minimum atomic E-state index is -0.931. The van der Waals surface area contributed by atoms with E-state index in [9.17, 15) is 9.59 Å². The molecule has 2 aromatic carbocycles. The summed E-state index contributed by atoms with van der Waals surface area (Å²) in [4.78, 5) is 36.8. The van der Waals surface area contributed by atoms with E-state index in [4.69, 9.17) is 0 Å². The van der Waals surface area contributed by atoms with Gasteiger partial charge in [-0.1, -0.05) is 78.9 Å². The van der Waals surface area contributed by atoms with Gasteiger partial charge in [0.1, 0.15) is 5.54 Å². The zero-order chi connectivity index (χ0) is 30.1. The van der Waals surface area contributed by atoms with Crippen LogP contribution in [0, 0.1) is 6.92 Å². The lowest BCUT2D eigenvalue weighted by atomic mass is 9.76. The maximum Gasteiger partial charge on any atom is 0.325 e. The molecular formula is C36H38N6O2. The number of benzene rings is 2. The summed E-state index contributed by atoms with van der Waals surface area (Å²) in [7, 11) is 0. The number of hydrazine groups is 1. The van der Waals surface area contributed by atoms with E-state index >= 15 is 0 Å². The summed E-state index contributed by atoms with van der Waals surface area (Å²) >= 11 is 0. The van der Waals surface area contributed by atoms with Crippen molar-refractivity contribution < 1.29 is 9.59 Å². The summed E-state index contributed by atoms with van der Waals surface area (Å²) in [6.07, 6.45) is 16.1. The number of imide groups is 1. The number of aromatic nitrogens is 1. The summed E-state index contributed by atoms with van der Waals surface area (Å²) in [6, 6.07) is 22.6. The third-order valence-corrected chi connectivity index (χ3v) is 9.69. The van der Waals surface area contributed by atoms with Crippen LogP contribution in [0.15, 0.2) is 110 Å². The zero-order valence-electron chi connectivity index (χ0n) is 25.1. The van der Waals surface area contributed by atoms with E-state index < -0.39 is 11.1 Å². The van der Waals surface area contributed by atoms with Gasteiger partial charge in [0.15, 0.2) is 0 Å². The number of piperidine rings is 1. The smallest absolute Gasteiger partial charge is 0.298 e. The van der Waals surface area contributed by atoms with Gasteiger partial charge in [-0.25, -0.2) is 4.79 Å². The maximum atomic E-state index is 14.0. The number of nitrogens with one attached hydrogen (secondary N) is 1. The first kappa shape index (κ1) is 28.1. The van der Waals surface area contributed by atoms with Crippen LogP contribution in [0.5, 0.6) is 0 Å². The number of carbonyl (C=O) groups is 2. The molecular weight excluding hydrogens is 548 g/mol. The third kappa shape index (κ3) is 4.89. The van der Waals surface area contributed by atoms with Gasteiger partial charge in [0.2, 0.25) is 0 Å². The quantitative estimate of drug-likeness (QED) is 0.393. The summed E-state index contributed by atoms with van der Waals surface area (Å²) in [5.74, 6) is -0.182. The van der Waals surface area contributed by atoms with Crippen molar-refractivity contribution in [3.05, 3.63) is 126 Å². The molecule has 4 aliphatic heterocycles. The molecule has 0 saturated carbocycles. The second kappa shape index (κ2) is 11.4. The van der Waals surface area contributed by atoms with Gasteiger partial charge >= 0.3 is 6.03 Å². The van der Waals surface area contributed by atoms with Gasteiger partial charge in [0.05, 0.1) is 24.3 Å².